The summed E-state index contributed by atoms with van der Waals surface area (Å²) in [7, 11) is 5.36. The molecule has 0 N–H and O–H groups in total. The van der Waals surface area contributed by atoms with Crippen LogP contribution >= 0.6 is 11.6 Å². The molecular weight excluding hydrogens is 254 g/mol. The van der Waals surface area contributed by atoms with Crippen LogP contribution in [0, 0.1) is 11.6 Å². The minimum atomic E-state index is -0.812. The summed E-state index contributed by atoms with van der Waals surface area (Å²) < 4.78 is 26.9. The van der Waals surface area contributed by atoms with Crippen LogP contribution in [0.4, 0.5) is 14.5 Å². The Bertz CT molecular complexity index is 597. The van der Waals surface area contributed by atoms with Crippen LogP contribution in [-0.2, 0) is 0 Å². The first-order chi connectivity index (χ1) is 8.58. The molecule has 0 aliphatic heterocycles. The molecule has 2 radical (unpaired) electrons. The summed E-state index contributed by atoms with van der Waals surface area (Å²) in [4.78, 5) is 3.96. The van der Waals surface area contributed by atoms with Gasteiger partial charge < -0.3 is 0 Å². The van der Waals surface area contributed by atoms with Crippen LogP contribution < -0.4 is 5.46 Å². The lowest BCUT2D eigenvalue weighted by Crippen LogP contribution is -2.12. The number of nitrogens with zero attached hydrogens (tertiary/aromatic N) is 1. The first-order valence-corrected chi connectivity index (χ1v) is 5.49. The number of halogens is 3. The molecule has 88 valence electrons. The van der Waals surface area contributed by atoms with Crippen molar-refractivity contribution in [3.05, 3.63) is 58.6 Å². The second-order valence-corrected chi connectivity index (χ2v) is 4.04. The molecule has 0 atom stereocenters. The number of hydrogen-bond donors (Lipinski definition) is 0. The Morgan fingerprint density at radius 2 is 1.72 bits per heavy atom. The van der Waals surface area contributed by atoms with Crippen molar-refractivity contribution in [1.29, 1.82) is 0 Å². The van der Waals surface area contributed by atoms with Gasteiger partial charge in [0.05, 0.1) is 11.3 Å². The standard InChI is InChI=1S/C13H7BClF2N/c14-11-5-6-12(16)10(13(11)17)7-18-9-3-1-8(15)2-4-9/h1-7H. The molecule has 0 unspecified atom stereocenters. The average molecular weight is 261 g/mol. The van der Waals surface area contributed by atoms with Gasteiger partial charge in [0.15, 0.2) is 0 Å². The Hall–Kier alpha value is -1.68. The van der Waals surface area contributed by atoms with Crippen molar-refractivity contribution in [1.82, 2.24) is 0 Å². The summed E-state index contributed by atoms with van der Waals surface area (Å²) in [6.45, 7) is 0. The van der Waals surface area contributed by atoms with Gasteiger partial charge >= 0.3 is 0 Å². The molecule has 0 aromatic heterocycles. The lowest BCUT2D eigenvalue weighted by molar-refractivity contribution is 0.585. The van der Waals surface area contributed by atoms with Crippen molar-refractivity contribution in [2.24, 2.45) is 4.99 Å². The van der Waals surface area contributed by atoms with Gasteiger partial charge in [0.25, 0.3) is 0 Å². The zero-order chi connectivity index (χ0) is 13.1. The molecule has 0 aliphatic rings. The molecule has 0 spiro atoms. The van der Waals surface area contributed by atoms with E-state index in [2.05, 4.69) is 4.99 Å². The maximum atomic E-state index is 13.6. The highest BCUT2D eigenvalue weighted by Crippen LogP contribution is 2.17. The topological polar surface area (TPSA) is 12.4 Å². The highest BCUT2D eigenvalue weighted by atomic mass is 35.5. The minimum Gasteiger partial charge on any atom is -0.256 e. The van der Waals surface area contributed by atoms with Gasteiger partial charge in [0, 0.05) is 11.2 Å². The van der Waals surface area contributed by atoms with Crippen LogP contribution in [0.3, 0.4) is 0 Å². The SMILES string of the molecule is [B]c1ccc(F)c(C=Nc2ccc(Cl)cc2)c1F. The van der Waals surface area contributed by atoms with E-state index in [1.807, 2.05) is 0 Å². The van der Waals surface area contributed by atoms with Crippen molar-refractivity contribution in [2.45, 2.75) is 0 Å². The summed E-state index contributed by atoms with van der Waals surface area (Å²) in [6.07, 6.45) is 1.10. The molecule has 0 amide bonds. The maximum absolute atomic E-state index is 13.6. The van der Waals surface area contributed by atoms with E-state index in [1.54, 1.807) is 24.3 Å². The predicted molar refractivity (Wildman–Crippen MR) is 70.5 cm³/mol. The summed E-state index contributed by atoms with van der Waals surface area (Å²) >= 11 is 5.71. The van der Waals surface area contributed by atoms with E-state index in [1.165, 1.54) is 6.07 Å². The van der Waals surface area contributed by atoms with Crippen molar-refractivity contribution in [3.63, 3.8) is 0 Å². The predicted octanol–water partition coefficient (Wildman–Crippen LogP) is 3.16. The fraction of sp³-hybridized carbons (Fsp3) is 0. The fourth-order valence-electron chi connectivity index (χ4n) is 1.37. The monoisotopic (exact) mass is 261 g/mol. The van der Waals surface area contributed by atoms with E-state index in [0.29, 0.717) is 10.7 Å². The Morgan fingerprint density at radius 1 is 1.06 bits per heavy atom. The van der Waals surface area contributed by atoms with Crippen LogP contribution in [0.2, 0.25) is 5.02 Å². The second kappa shape index (κ2) is 5.31. The largest absolute Gasteiger partial charge is 0.256 e. The van der Waals surface area contributed by atoms with Gasteiger partial charge in [-0.25, -0.2) is 8.78 Å². The smallest absolute Gasteiger partial charge is 0.134 e. The maximum Gasteiger partial charge on any atom is 0.134 e. The van der Waals surface area contributed by atoms with Crippen molar-refractivity contribution < 1.29 is 8.78 Å². The molecule has 5 heteroatoms. The molecule has 0 heterocycles. The van der Waals surface area contributed by atoms with Gasteiger partial charge in [0.2, 0.25) is 0 Å². The molecule has 0 aliphatic carbocycles. The van der Waals surface area contributed by atoms with Crippen molar-refractivity contribution in [2.75, 3.05) is 0 Å². The number of aliphatic imine (C=N–C) groups is 1. The highest BCUT2D eigenvalue weighted by molar-refractivity contribution is 6.32. The molecule has 0 saturated heterocycles. The molecule has 2 aromatic rings. The van der Waals surface area contributed by atoms with E-state index >= 15 is 0 Å². The van der Waals surface area contributed by atoms with Crippen LogP contribution in [-0.4, -0.2) is 14.1 Å². The normalized spacial score (nSPS) is 11.1. The third-order valence-corrected chi connectivity index (χ3v) is 2.58. The zero-order valence-corrected chi connectivity index (χ0v) is 9.96. The van der Waals surface area contributed by atoms with Crippen molar-refractivity contribution in [3.8, 4) is 0 Å². The van der Waals surface area contributed by atoms with Gasteiger partial charge in [-0.15, -0.1) is 0 Å². The first-order valence-electron chi connectivity index (χ1n) is 5.11. The third-order valence-electron chi connectivity index (χ3n) is 2.33. The Morgan fingerprint density at radius 3 is 2.39 bits per heavy atom. The Kier molecular flexibility index (Phi) is 3.77. The van der Waals surface area contributed by atoms with E-state index < -0.39 is 11.6 Å². The Labute approximate surface area is 110 Å². The lowest BCUT2D eigenvalue weighted by Gasteiger charge is -2.02. The van der Waals surface area contributed by atoms with E-state index in [4.69, 9.17) is 19.4 Å². The summed E-state index contributed by atoms with van der Waals surface area (Å²) in [5.41, 5.74) is 0.166. The minimum absolute atomic E-state index is 0.117. The third kappa shape index (κ3) is 2.77. The van der Waals surface area contributed by atoms with Crippen LogP contribution in [0.5, 0.6) is 0 Å². The molecule has 2 rings (SSSR count). The van der Waals surface area contributed by atoms with Gasteiger partial charge in [-0.1, -0.05) is 23.1 Å². The summed E-state index contributed by atoms with van der Waals surface area (Å²) in [5.74, 6) is -1.52. The van der Waals surface area contributed by atoms with E-state index in [-0.39, 0.29) is 11.0 Å². The number of hydrogen-bond acceptors (Lipinski definition) is 1. The van der Waals surface area contributed by atoms with Gasteiger partial charge in [-0.05, 0) is 30.3 Å². The number of benzene rings is 2. The van der Waals surface area contributed by atoms with E-state index in [0.717, 1.165) is 12.3 Å². The van der Waals surface area contributed by atoms with Crippen LogP contribution in [0.25, 0.3) is 0 Å². The molecule has 1 nitrogen and oxygen atoms in total. The Balaban J connectivity index is 2.34. The summed E-state index contributed by atoms with van der Waals surface area (Å²) in [5, 5.41) is 0.565. The highest BCUT2D eigenvalue weighted by Gasteiger charge is 2.08. The molecule has 0 fully saturated rings. The van der Waals surface area contributed by atoms with E-state index in [9.17, 15) is 8.78 Å². The molecule has 2 aromatic carbocycles. The average Bonchev–Trinajstić information content (AvgIpc) is 2.36. The van der Waals surface area contributed by atoms with Gasteiger partial charge in [-0.3, -0.25) is 4.99 Å². The number of rotatable bonds is 2. The van der Waals surface area contributed by atoms with Crippen LogP contribution in [0.15, 0.2) is 41.4 Å². The molecule has 0 saturated carbocycles. The van der Waals surface area contributed by atoms with Crippen LogP contribution in [0.1, 0.15) is 5.56 Å². The second-order valence-electron chi connectivity index (χ2n) is 3.60. The first kappa shape index (κ1) is 12.8. The quantitative estimate of drug-likeness (QED) is 0.582. The van der Waals surface area contributed by atoms with Gasteiger partial charge in [0.1, 0.15) is 19.5 Å². The molecule has 18 heavy (non-hydrogen) atoms. The molecule has 0 bridgehead atoms. The molecular formula is C13H7BClF2N. The van der Waals surface area contributed by atoms with Gasteiger partial charge in [-0.2, -0.15) is 0 Å². The lowest BCUT2D eigenvalue weighted by atomic mass is 9.93. The summed E-state index contributed by atoms with van der Waals surface area (Å²) in [6, 6.07) is 8.83. The van der Waals surface area contributed by atoms with Crippen molar-refractivity contribution >= 4 is 36.8 Å². The fourth-order valence-corrected chi connectivity index (χ4v) is 1.50. The zero-order valence-electron chi connectivity index (χ0n) is 9.20.